The molecule has 0 spiro atoms. The maximum absolute atomic E-state index is 9.47. The summed E-state index contributed by atoms with van der Waals surface area (Å²) in [5.41, 5.74) is 0. The van der Waals surface area contributed by atoms with Gasteiger partial charge in [-0.15, -0.1) is 12.3 Å². The van der Waals surface area contributed by atoms with Crippen LogP contribution >= 0.6 is 0 Å². The van der Waals surface area contributed by atoms with Crippen LogP contribution in [0.15, 0.2) is 0 Å². The van der Waals surface area contributed by atoms with Crippen LogP contribution in [0.3, 0.4) is 0 Å². The Morgan fingerprint density at radius 1 is 1.62 bits per heavy atom. The highest BCUT2D eigenvalue weighted by Crippen LogP contribution is 1.99. The van der Waals surface area contributed by atoms with Gasteiger partial charge < -0.3 is 10.4 Å². The molecule has 0 aromatic heterocycles. The van der Waals surface area contributed by atoms with Gasteiger partial charge in [-0.2, -0.15) is 0 Å². The Balaban J connectivity index is 2.19. The third-order valence-corrected chi connectivity index (χ3v) is 2.25. The fourth-order valence-corrected chi connectivity index (χ4v) is 1.57. The molecule has 0 amide bonds. The van der Waals surface area contributed by atoms with Gasteiger partial charge in [0, 0.05) is 32.6 Å². The van der Waals surface area contributed by atoms with E-state index in [4.69, 9.17) is 6.42 Å². The van der Waals surface area contributed by atoms with E-state index in [1.54, 1.807) is 0 Å². The zero-order valence-corrected chi connectivity index (χ0v) is 8.00. The summed E-state index contributed by atoms with van der Waals surface area (Å²) in [7, 11) is 0. The summed E-state index contributed by atoms with van der Waals surface area (Å²) in [6.07, 6.45) is 6.81. The molecule has 1 aliphatic heterocycles. The standard InChI is InChI=1S/C10H18N2O/c1-2-3-4-6-12-7-5-11-8-10(13)9-12/h1,10-11,13H,3-9H2. The number of terminal acetylenes is 1. The minimum Gasteiger partial charge on any atom is -0.390 e. The van der Waals surface area contributed by atoms with E-state index in [0.717, 1.165) is 39.0 Å². The van der Waals surface area contributed by atoms with Crippen molar-refractivity contribution in [3.63, 3.8) is 0 Å². The monoisotopic (exact) mass is 182 g/mol. The molecule has 1 rings (SSSR count). The van der Waals surface area contributed by atoms with Gasteiger partial charge in [0.1, 0.15) is 0 Å². The second-order valence-electron chi connectivity index (χ2n) is 3.47. The minimum atomic E-state index is -0.228. The summed E-state index contributed by atoms with van der Waals surface area (Å²) in [5.74, 6) is 2.63. The second-order valence-corrected chi connectivity index (χ2v) is 3.47. The number of β-amino-alcohol motifs (C(OH)–C–C–N with tert-alkyl or cyclic N) is 1. The Hall–Kier alpha value is -0.560. The molecule has 1 fully saturated rings. The molecule has 1 heterocycles. The Bertz CT molecular complexity index is 176. The molecule has 0 aromatic rings. The van der Waals surface area contributed by atoms with E-state index in [9.17, 15) is 5.11 Å². The molecule has 1 saturated heterocycles. The molecule has 1 atom stereocenters. The number of aliphatic hydroxyl groups is 1. The quantitative estimate of drug-likeness (QED) is 0.463. The number of hydrogen-bond acceptors (Lipinski definition) is 3. The molecule has 0 saturated carbocycles. The van der Waals surface area contributed by atoms with Crippen molar-refractivity contribution >= 4 is 0 Å². The normalized spacial score (nSPS) is 25.1. The molecule has 3 heteroatoms. The van der Waals surface area contributed by atoms with Gasteiger partial charge in [0.25, 0.3) is 0 Å². The zero-order valence-electron chi connectivity index (χ0n) is 8.00. The van der Waals surface area contributed by atoms with Crippen molar-refractivity contribution in [1.82, 2.24) is 10.2 Å². The summed E-state index contributed by atoms with van der Waals surface area (Å²) in [5, 5.41) is 12.7. The fraction of sp³-hybridized carbons (Fsp3) is 0.800. The molecule has 2 N–H and O–H groups in total. The van der Waals surface area contributed by atoms with Crippen molar-refractivity contribution in [1.29, 1.82) is 0 Å². The average molecular weight is 182 g/mol. The first-order valence-corrected chi connectivity index (χ1v) is 4.87. The number of hydrogen-bond donors (Lipinski definition) is 2. The summed E-state index contributed by atoms with van der Waals surface area (Å²) < 4.78 is 0. The smallest absolute Gasteiger partial charge is 0.0791 e. The Morgan fingerprint density at radius 3 is 3.23 bits per heavy atom. The lowest BCUT2D eigenvalue weighted by molar-refractivity contribution is 0.130. The van der Waals surface area contributed by atoms with Crippen LogP contribution in [0.25, 0.3) is 0 Å². The highest BCUT2D eigenvalue weighted by atomic mass is 16.3. The van der Waals surface area contributed by atoms with E-state index in [1.807, 2.05) is 0 Å². The van der Waals surface area contributed by atoms with Crippen molar-refractivity contribution in [3.8, 4) is 12.3 Å². The minimum absolute atomic E-state index is 0.228. The summed E-state index contributed by atoms with van der Waals surface area (Å²) in [6.45, 7) is 4.47. The van der Waals surface area contributed by atoms with Crippen LogP contribution in [0.1, 0.15) is 12.8 Å². The highest BCUT2D eigenvalue weighted by molar-refractivity contribution is 4.84. The van der Waals surface area contributed by atoms with Gasteiger partial charge in [0.05, 0.1) is 6.10 Å². The Morgan fingerprint density at radius 2 is 2.46 bits per heavy atom. The van der Waals surface area contributed by atoms with Crippen LogP contribution < -0.4 is 5.32 Å². The first-order valence-electron chi connectivity index (χ1n) is 4.87. The fourth-order valence-electron chi connectivity index (χ4n) is 1.57. The van der Waals surface area contributed by atoms with Crippen molar-refractivity contribution in [2.45, 2.75) is 18.9 Å². The second kappa shape index (κ2) is 5.98. The number of aliphatic hydroxyl groups excluding tert-OH is 1. The van der Waals surface area contributed by atoms with Crippen LogP contribution in [0.5, 0.6) is 0 Å². The third kappa shape index (κ3) is 4.28. The molecule has 74 valence electrons. The molecule has 1 unspecified atom stereocenters. The molecule has 0 radical (unpaired) electrons. The maximum atomic E-state index is 9.47. The lowest BCUT2D eigenvalue weighted by atomic mass is 10.2. The maximum Gasteiger partial charge on any atom is 0.0791 e. The van der Waals surface area contributed by atoms with Crippen LogP contribution in [0.2, 0.25) is 0 Å². The lowest BCUT2D eigenvalue weighted by Gasteiger charge is -2.20. The van der Waals surface area contributed by atoms with Gasteiger partial charge in [0.2, 0.25) is 0 Å². The van der Waals surface area contributed by atoms with E-state index in [0.29, 0.717) is 6.54 Å². The first-order chi connectivity index (χ1) is 6.33. The van der Waals surface area contributed by atoms with Crippen molar-refractivity contribution in [2.24, 2.45) is 0 Å². The molecule has 3 nitrogen and oxygen atoms in total. The highest BCUT2D eigenvalue weighted by Gasteiger charge is 2.14. The molecule has 1 aliphatic rings. The third-order valence-electron chi connectivity index (χ3n) is 2.25. The summed E-state index contributed by atoms with van der Waals surface area (Å²) in [6, 6.07) is 0. The van der Waals surface area contributed by atoms with Gasteiger partial charge in [-0.1, -0.05) is 0 Å². The van der Waals surface area contributed by atoms with Crippen molar-refractivity contribution < 1.29 is 5.11 Å². The molecule has 0 aliphatic carbocycles. The first kappa shape index (κ1) is 10.5. The Kier molecular flexibility index (Phi) is 4.84. The van der Waals surface area contributed by atoms with Crippen molar-refractivity contribution in [2.75, 3.05) is 32.7 Å². The summed E-state index contributed by atoms with van der Waals surface area (Å²) >= 11 is 0. The molecule has 0 bridgehead atoms. The Labute approximate surface area is 80.1 Å². The van der Waals surface area contributed by atoms with E-state index < -0.39 is 0 Å². The molecule has 0 aromatic carbocycles. The van der Waals surface area contributed by atoms with Crippen LogP contribution in [0.4, 0.5) is 0 Å². The number of unbranched alkanes of at least 4 members (excludes halogenated alkanes) is 1. The molecule has 13 heavy (non-hydrogen) atoms. The predicted molar refractivity (Wildman–Crippen MR) is 53.4 cm³/mol. The van der Waals surface area contributed by atoms with Gasteiger partial charge in [-0.3, -0.25) is 4.90 Å². The number of nitrogens with one attached hydrogen (secondary N) is 1. The van der Waals surface area contributed by atoms with E-state index in [-0.39, 0.29) is 6.10 Å². The zero-order chi connectivity index (χ0) is 9.52. The molecular weight excluding hydrogens is 164 g/mol. The van der Waals surface area contributed by atoms with Gasteiger partial charge in [0.15, 0.2) is 0 Å². The lowest BCUT2D eigenvalue weighted by Crippen LogP contribution is -2.33. The largest absolute Gasteiger partial charge is 0.390 e. The van der Waals surface area contributed by atoms with E-state index >= 15 is 0 Å². The molecular formula is C10H18N2O. The van der Waals surface area contributed by atoms with E-state index in [1.165, 1.54) is 0 Å². The van der Waals surface area contributed by atoms with Crippen LogP contribution in [-0.4, -0.2) is 48.8 Å². The van der Waals surface area contributed by atoms with Crippen LogP contribution in [0, 0.1) is 12.3 Å². The number of nitrogens with zero attached hydrogens (tertiary/aromatic N) is 1. The SMILES string of the molecule is C#CCCCN1CCNCC(O)C1. The van der Waals surface area contributed by atoms with Crippen LogP contribution in [-0.2, 0) is 0 Å². The van der Waals surface area contributed by atoms with E-state index in [2.05, 4.69) is 16.1 Å². The van der Waals surface area contributed by atoms with Gasteiger partial charge in [-0.05, 0) is 13.0 Å². The number of rotatable bonds is 3. The topological polar surface area (TPSA) is 35.5 Å². The average Bonchev–Trinajstić information content (AvgIpc) is 2.31. The predicted octanol–water partition coefficient (Wildman–Crippen LogP) is -0.334. The van der Waals surface area contributed by atoms with Gasteiger partial charge in [-0.25, -0.2) is 0 Å². The van der Waals surface area contributed by atoms with Crippen molar-refractivity contribution in [3.05, 3.63) is 0 Å². The summed E-state index contributed by atoms with van der Waals surface area (Å²) in [4.78, 5) is 2.27. The van der Waals surface area contributed by atoms with Gasteiger partial charge >= 0.3 is 0 Å².